The molecule has 242 valence electrons. The second kappa shape index (κ2) is 13.5. The van der Waals surface area contributed by atoms with Crippen molar-refractivity contribution in [2.24, 2.45) is 0 Å². The lowest BCUT2D eigenvalue weighted by molar-refractivity contribution is -0.139. The standard InChI is InChI=1S/C32H37ClF3N5O4/c1-3-5-21(4-2)6-9-28(42)39-13-10-31(44,11-14-39)19-40-20-38-29-24(30(40)43)17-27(33)41(29)22-7-8-23(25(16-22)32(34,35)36)26-18-45-15-12-37-26/h3-5,7-8,16-17,20,26,37,44H,6,9-15,18-19H2,1-2H3/b5-3-,21-4+. The first kappa shape index (κ1) is 32.9. The summed E-state index contributed by atoms with van der Waals surface area (Å²) in [6.45, 7) is 5.51. The molecule has 1 amide bonds. The number of aliphatic hydroxyl groups is 1. The summed E-state index contributed by atoms with van der Waals surface area (Å²) in [5.41, 5.74) is -1.20. The van der Waals surface area contributed by atoms with Crippen LogP contribution in [0, 0.1) is 0 Å². The predicted octanol–water partition coefficient (Wildman–Crippen LogP) is 5.18. The Morgan fingerprint density at radius 2 is 1.98 bits per heavy atom. The van der Waals surface area contributed by atoms with Crippen molar-refractivity contribution >= 4 is 28.5 Å². The highest BCUT2D eigenvalue weighted by Gasteiger charge is 2.37. The summed E-state index contributed by atoms with van der Waals surface area (Å²) >= 11 is 6.49. The molecule has 2 aliphatic rings. The van der Waals surface area contributed by atoms with E-state index in [-0.39, 0.29) is 59.3 Å². The zero-order chi connectivity index (χ0) is 32.4. The maximum Gasteiger partial charge on any atom is 0.416 e. The fourth-order valence-electron chi connectivity index (χ4n) is 6.04. The molecule has 13 heteroatoms. The number of allylic oxidation sites excluding steroid dienone is 4. The van der Waals surface area contributed by atoms with Gasteiger partial charge in [0.1, 0.15) is 11.5 Å². The van der Waals surface area contributed by atoms with Crippen LogP contribution in [-0.4, -0.2) is 68.5 Å². The molecule has 2 aromatic heterocycles. The molecule has 2 aliphatic heterocycles. The molecule has 1 unspecified atom stereocenters. The molecule has 0 aliphatic carbocycles. The molecule has 3 aromatic rings. The quantitative estimate of drug-likeness (QED) is 0.327. The van der Waals surface area contributed by atoms with E-state index in [0.717, 1.165) is 11.6 Å². The number of hydrogen-bond donors (Lipinski definition) is 2. The summed E-state index contributed by atoms with van der Waals surface area (Å²) in [5, 5.41) is 14.5. The maximum atomic E-state index is 14.2. The zero-order valence-corrected chi connectivity index (χ0v) is 26.0. The van der Waals surface area contributed by atoms with Crippen molar-refractivity contribution in [3.05, 3.63) is 81.0 Å². The van der Waals surface area contributed by atoms with Crippen LogP contribution in [0.5, 0.6) is 0 Å². The van der Waals surface area contributed by atoms with Gasteiger partial charge >= 0.3 is 6.18 Å². The monoisotopic (exact) mass is 647 g/mol. The topological polar surface area (TPSA) is 102 Å². The fourth-order valence-corrected chi connectivity index (χ4v) is 6.32. The van der Waals surface area contributed by atoms with E-state index in [1.54, 1.807) is 4.90 Å². The van der Waals surface area contributed by atoms with Gasteiger partial charge in [0.2, 0.25) is 5.91 Å². The average molecular weight is 648 g/mol. The van der Waals surface area contributed by atoms with Crippen LogP contribution in [0.25, 0.3) is 16.7 Å². The fraction of sp³-hybridized carbons (Fsp3) is 0.469. The molecule has 2 fully saturated rings. The largest absolute Gasteiger partial charge is 0.416 e. The van der Waals surface area contributed by atoms with Crippen molar-refractivity contribution in [3.63, 3.8) is 0 Å². The van der Waals surface area contributed by atoms with Gasteiger partial charge in [-0.15, -0.1) is 0 Å². The van der Waals surface area contributed by atoms with Crippen LogP contribution in [0.15, 0.2) is 59.2 Å². The highest BCUT2D eigenvalue weighted by Crippen LogP contribution is 2.38. The number of piperidine rings is 1. The first-order valence-corrected chi connectivity index (χ1v) is 15.4. The van der Waals surface area contributed by atoms with Crippen LogP contribution in [0.4, 0.5) is 13.2 Å². The van der Waals surface area contributed by atoms with Gasteiger partial charge < -0.3 is 20.1 Å². The Morgan fingerprint density at radius 1 is 1.22 bits per heavy atom. The highest BCUT2D eigenvalue weighted by atomic mass is 35.5. The van der Waals surface area contributed by atoms with E-state index in [2.05, 4.69) is 10.3 Å². The molecule has 0 saturated carbocycles. The van der Waals surface area contributed by atoms with E-state index in [1.165, 1.54) is 33.7 Å². The lowest BCUT2D eigenvalue weighted by Crippen LogP contribution is -2.49. The number of nitrogens with one attached hydrogen (secondary N) is 1. The van der Waals surface area contributed by atoms with Gasteiger partial charge in [-0.05, 0) is 56.9 Å². The van der Waals surface area contributed by atoms with Crippen LogP contribution < -0.4 is 10.9 Å². The van der Waals surface area contributed by atoms with E-state index in [1.807, 2.05) is 32.1 Å². The lowest BCUT2D eigenvalue weighted by atomic mass is 9.91. The molecular formula is C32H37ClF3N5O4. The van der Waals surface area contributed by atoms with Crippen LogP contribution >= 0.6 is 11.6 Å². The second-order valence-electron chi connectivity index (χ2n) is 11.5. The third-order valence-corrected chi connectivity index (χ3v) is 8.81. The summed E-state index contributed by atoms with van der Waals surface area (Å²) in [6, 6.07) is 4.66. The Labute approximate surface area is 263 Å². The Kier molecular flexibility index (Phi) is 9.88. The van der Waals surface area contributed by atoms with Gasteiger partial charge in [0, 0.05) is 31.7 Å². The van der Waals surface area contributed by atoms with Gasteiger partial charge in [-0.3, -0.25) is 18.7 Å². The number of hydrogen-bond acceptors (Lipinski definition) is 6. The molecule has 4 heterocycles. The van der Waals surface area contributed by atoms with Crippen molar-refractivity contribution in [3.8, 4) is 5.69 Å². The molecule has 2 saturated heterocycles. The van der Waals surface area contributed by atoms with Gasteiger partial charge in [-0.1, -0.05) is 41.5 Å². The number of carbonyl (C=O) groups excluding carboxylic acids is 1. The number of morpholine rings is 1. The van der Waals surface area contributed by atoms with Crippen LogP contribution in [-0.2, 0) is 22.3 Å². The molecule has 9 nitrogen and oxygen atoms in total. The molecule has 5 rings (SSSR count). The Balaban J connectivity index is 1.34. The zero-order valence-electron chi connectivity index (χ0n) is 25.2. The molecule has 2 N–H and O–H groups in total. The number of ether oxygens (including phenoxy) is 1. The number of alkyl halides is 3. The third kappa shape index (κ3) is 7.19. The third-order valence-electron chi connectivity index (χ3n) is 8.53. The molecule has 45 heavy (non-hydrogen) atoms. The first-order valence-electron chi connectivity index (χ1n) is 15.0. The lowest BCUT2D eigenvalue weighted by Gasteiger charge is -2.38. The van der Waals surface area contributed by atoms with Crippen LogP contribution in [0.1, 0.15) is 56.7 Å². The predicted molar refractivity (Wildman–Crippen MR) is 165 cm³/mol. The van der Waals surface area contributed by atoms with Gasteiger partial charge in [-0.2, -0.15) is 13.2 Å². The van der Waals surface area contributed by atoms with E-state index in [9.17, 15) is 27.9 Å². The van der Waals surface area contributed by atoms with Crippen molar-refractivity contribution < 1.29 is 27.8 Å². The Hall–Kier alpha value is -3.45. The number of halogens is 4. The molecule has 0 bridgehead atoms. The number of aromatic nitrogens is 3. The minimum atomic E-state index is -4.64. The van der Waals surface area contributed by atoms with Crippen molar-refractivity contribution in [2.75, 3.05) is 32.8 Å². The number of benzene rings is 1. The smallest absolute Gasteiger partial charge is 0.388 e. The second-order valence-corrected chi connectivity index (χ2v) is 11.9. The number of fused-ring (bicyclic) bond motifs is 1. The summed E-state index contributed by atoms with van der Waals surface area (Å²) in [7, 11) is 0. The number of carbonyl (C=O) groups is 1. The Morgan fingerprint density at radius 3 is 2.62 bits per heavy atom. The minimum Gasteiger partial charge on any atom is -0.388 e. The number of rotatable bonds is 8. The van der Waals surface area contributed by atoms with E-state index >= 15 is 0 Å². The SMILES string of the molecule is C/C=C\C(=C/C)CCC(=O)N1CCC(O)(Cn2cnc3c(cc(Cl)n3-c3ccc(C4COCCN4)c(C(F)(F)F)c3)c2=O)CC1. The van der Waals surface area contributed by atoms with Crippen LogP contribution in [0.3, 0.4) is 0 Å². The van der Waals surface area contributed by atoms with E-state index < -0.39 is 28.9 Å². The summed E-state index contributed by atoms with van der Waals surface area (Å²) < 4.78 is 50.5. The van der Waals surface area contributed by atoms with E-state index in [0.29, 0.717) is 39.1 Å². The normalized spacial score (nSPS) is 19.5. The molecule has 0 radical (unpaired) electrons. The minimum absolute atomic E-state index is 0.0159. The van der Waals surface area contributed by atoms with E-state index in [4.69, 9.17) is 16.3 Å². The van der Waals surface area contributed by atoms with Crippen molar-refractivity contribution in [1.82, 2.24) is 24.3 Å². The van der Waals surface area contributed by atoms with Gasteiger partial charge in [-0.25, -0.2) is 4.98 Å². The van der Waals surface area contributed by atoms with Crippen molar-refractivity contribution in [1.29, 1.82) is 0 Å². The molecule has 1 aromatic carbocycles. The number of likely N-dealkylation sites (tertiary alicyclic amines) is 1. The summed E-state index contributed by atoms with van der Waals surface area (Å²) in [5.74, 6) is 0.0159. The van der Waals surface area contributed by atoms with Crippen molar-refractivity contribution in [2.45, 2.75) is 63.9 Å². The number of amides is 1. The molecule has 1 atom stereocenters. The van der Waals surface area contributed by atoms with Crippen LogP contribution in [0.2, 0.25) is 5.15 Å². The summed E-state index contributed by atoms with van der Waals surface area (Å²) in [4.78, 5) is 32.4. The first-order chi connectivity index (χ1) is 21.4. The van der Waals surface area contributed by atoms with Gasteiger partial charge in [0.15, 0.2) is 5.65 Å². The molecule has 0 spiro atoms. The summed E-state index contributed by atoms with van der Waals surface area (Å²) in [6.07, 6.45) is 4.10. The average Bonchev–Trinajstić information content (AvgIpc) is 3.37. The van der Waals surface area contributed by atoms with Gasteiger partial charge in [0.05, 0.1) is 42.4 Å². The maximum absolute atomic E-state index is 14.2. The van der Waals surface area contributed by atoms with Gasteiger partial charge in [0.25, 0.3) is 5.56 Å². The Bertz CT molecular complexity index is 1670. The highest BCUT2D eigenvalue weighted by molar-refractivity contribution is 6.31. The molecular weight excluding hydrogens is 611 g/mol. The number of nitrogens with zero attached hydrogens (tertiary/aromatic N) is 4.